The summed E-state index contributed by atoms with van der Waals surface area (Å²) in [6, 6.07) is 0. The molecule has 0 spiro atoms. The molecule has 0 aromatic heterocycles. The molecule has 5 heteroatoms. The molecule has 12 heavy (non-hydrogen) atoms. The molecule has 0 bridgehead atoms. The molecule has 70 valence electrons. The topological polar surface area (TPSA) is 61.8 Å². The first-order chi connectivity index (χ1) is 5.70. The van der Waals surface area contributed by atoms with Crippen LogP contribution in [0, 0.1) is 0 Å². The van der Waals surface area contributed by atoms with E-state index in [0.29, 0.717) is 19.6 Å². The minimum absolute atomic E-state index is 0.157. The largest absolute Gasteiger partial charge is 0.508 e. The molecule has 1 aliphatic heterocycles. The van der Waals surface area contributed by atoms with E-state index in [1.165, 1.54) is 7.11 Å². The lowest BCUT2D eigenvalue weighted by atomic mass is 10.5. The Balaban J connectivity index is 0.000000202. The number of cyclic esters (lactones) is 2. The van der Waals surface area contributed by atoms with Crippen LogP contribution in [0.3, 0.4) is 0 Å². The Bertz CT molecular complexity index is 138. The zero-order valence-electron chi connectivity index (χ0n) is 7.16. The highest BCUT2D eigenvalue weighted by atomic mass is 16.8. The molecule has 0 amide bonds. The minimum atomic E-state index is -0.546. The van der Waals surface area contributed by atoms with E-state index in [-0.39, 0.29) is 5.97 Å². The maximum atomic E-state index is 9.96. The van der Waals surface area contributed by atoms with Crippen LogP contribution < -0.4 is 0 Å². The molecule has 0 aromatic rings. The van der Waals surface area contributed by atoms with Crippen molar-refractivity contribution in [1.82, 2.24) is 0 Å². The summed E-state index contributed by atoms with van der Waals surface area (Å²) in [6.07, 6.45) is -0.0775. The Morgan fingerprint density at radius 3 is 2.08 bits per heavy atom. The minimum Gasteiger partial charge on any atom is -0.469 e. The maximum Gasteiger partial charge on any atom is 0.508 e. The predicted molar refractivity (Wildman–Crippen MR) is 39.6 cm³/mol. The van der Waals surface area contributed by atoms with Crippen LogP contribution in [0.2, 0.25) is 0 Å². The second-order valence-electron chi connectivity index (χ2n) is 1.88. The lowest BCUT2D eigenvalue weighted by Crippen LogP contribution is -1.94. The number of hydrogen-bond donors (Lipinski definition) is 0. The molecule has 0 atom stereocenters. The van der Waals surface area contributed by atoms with E-state index in [1.807, 2.05) is 0 Å². The van der Waals surface area contributed by atoms with E-state index in [4.69, 9.17) is 0 Å². The van der Waals surface area contributed by atoms with Gasteiger partial charge < -0.3 is 14.2 Å². The van der Waals surface area contributed by atoms with Crippen molar-refractivity contribution in [3.05, 3.63) is 0 Å². The Morgan fingerprint density at radius 1 is 1.50 bits per heavy atom. The van der Waals surface area contributed by atoms with Crippen molar-refractivity contribution < 1.29 is 23.8 Å². The highest BCUT2D eigenvalue weighted by Gasteiger charge is 2.09. The van der Waals surface area contributed by atoms with Gasteiger partial charge in [0.25, 0.3) is 0 Å². The van der Waals surface area contributed by atoms with E-state index in [0.717, 1.165) is 0 Å². The molecule has 1 fully saturated rings. The second-order valence-corrected chi connectivity index (χ2v) is 1.88. The molecule has 0 N–H and O–H groups in total. The zero-order valence-corrected chi connectivity index (χ0v) is 7.16. The van der Waals surface area contributed by atoms with Crippen LogP contribution in [0.1, 0.15) is 13.3 Å². The molecule has 0 saturated carbocycles. The van der Waals surface area contributed by atoms with Gasteiger partial charge in [-0.25, -0.2) is 4.79 Å². The molecular weight excluding hydrogens is 164 g/mol. The summed E-state index contributed by atoms with van der Waals surface area (Å²) >= 11 is 0. The molecule has 0 unspecified atom stereocenters. The SMILES string of the molecule is CCC(=O)OC.O=C1OCCO1. The number of rotatable bonds is 1. The van der Waals surface area contributed by atoms with Gasteiger partial charge >= 0.3 is 12.1 Å². The van der Waals surface area contributed by atoms with Gasteiger partial charge in [0.05, 0.1) is 7.11 Å². The highest BCUT2D eigenvalue weighted by molar-refractivity contribution is 5.68. The third-order valence-corrected chi connectivity index (χ3v) is 1.04. The number of hydrogen-bond acceptors (Lipinski definition) is 5. The average molecular weight is 176 g/mol. The third-order valence-electron chi connectivity index (χ3n) is 1.04. The fraction of sp³-hybridized carbons (Fsp3) is 0.714. The summed E-state index contributed by atoms with van der Waals surface area (Å²) in [7, 11) is 1.38. The fourth-order valence-electron chi connectivity index (χ4n) is 0.436. The van der Waals surface area contributed by atoms with Gasteiger partial charge in [0.15, 0.2) is 0 Å². The second kappa shape index (κ2) is 6.45. The van der Waals surface area contributed by atoms with Crippen molar-refractivity contribution in [3.63, 3.8) is 0 Å². The number of methoxy groups -OCH3 is 1. The lowest BCUT2D eigenvalue weighted by molar-refractivity contribution is -0.140. The quantitative estimate of drug-likeness (QED) is 0.551. The molecule has 1 rings (SSSR count). The molecule has 1 saturated heterocycles. The first-order valence-corrected chi connectivity index (χ1v) is 3.57. The predicted octanol–water partition coefficient (Wildman–Crippen LogP) is 0.723. The average Bonchev–Trinajstić information content (AvgIpc) is 2.55. The van der Waals surface area contributed by atoms with Gasteiger partial charge in [-0.2, -0.15) is 0 Å². The third kappa shape index (κ3) is 5.52. The number of carbonyl (C=O) groups excluding carboxylic acids is 2. The van der Waals surface area contributed by atoms with Crippen molar-refractivity contribution in [2.45, 2.75) is 13.3 Å². The van der Waals surface area contributed by atoms with Crippen LogP contribution in [0.15, 0.2) is 0 Å². The van der Waals surface area contributed by atoms with Gasteiger partial charge in [-0.1, -0.05) is 6.92 Å². The van der Waals surface area contributed by atoms with Crippen molar-refractivity contribution in [1.29, 1.82) is 0 Å². The number of carbonyl (C=O) groups is 2. The van der Waals surface area contributed by atoms with E-state index >= 15 is 0 Å². The van der Waals surface area contributed by atoms with Crippen LogP contribution in [0.25, 0.3) is 0 Å². The Kier molecular flexibility index (Phi) is 5.77. The Labute approximate surface area is 70.6 Å². The van der Waals surface area contributed by atoms with E-state index in [9.17, 15) is 9.59 Å². The van der Waals surface area contributed by atoms with E-state index < -0.39 is 6.16 Å². The summed E-state index contributed by atoms with van der Waals surface area (Å²) in [5.41, 5.74) is 0. The van der Waals surface area contributed by atoms with Crippen molar-refractivity contribution >= 4 is 12.1 Å². The van der Waals surface area contributed by atoms with Gasteiger partial charge in [0, 0.05) is 6.42 Å². The Morgan fingerprint density at radius 2 is 2.00 bits per heavy atom. The van der Waals surface area contributed by atoms with Crippen LogP contribution in [-0.2, 0) is 19.0 Å². The summed E-state index contributed by atoms with van der Waals surface area (Å²) in [5, 5.41) is 0. The van der Waals surface area contributed by atoms with Crippen LogP contribution >= 0.6 is 0 Å². The smallest absolute Gasteiger partial charge is 0.469 e. The lowest BCUT2D eigenvalue weighted by Gasteiger charge is -1.87. The normalized spacial score (nSPS) is 13.7. The standard InChI is InChI=1S/C4H8O2.C3H4O3/c1-3-4(5)6-2;4-3-5-1-2-6-3/h3H2,1-2H3;1-2H2. The van der Waals surface area contributed by atoms with Crippen molar-refractivity contribution in [2.75, 3.05) is 20.3 Å². The first-order valence-electron chi connectivity index (χ1n) is 3.57. The summed E-state index contributed by atoms with van der Waals surface area (Å²) < 4.78 is 12.8. The molecule has 0 aromatic carbocycles. The number of ether oxygens (including phenoxy) is 3. The Hall–Kier alpha value is -1.26. The molecular formula is C7H12O5. The van der Waals surface area contributed by atoms with Crippen molar-refractivity contribution in [3.8, 4) is 0 Å². The van der Waals surface area contributed by atoms with Gasteiger partial charge in [0.1, 0.15) is 13.2 Å². The molecule has 1 heterocycles. The molecule has 5 nitrogen and oxygen atoms in total. The molecule has 0 aliphatic carbocycles. The van der Waals surface area contributed by atoms with E-state index in [1.54, 1.807) is 6.92 Å². The first kappa shape index (κ1) is 10.7. The van der Waals surface area contributed by atoms with Gasteiger partial charge in [-0.15, -0.1) is 0 Å². The fourth-order valence-corrected chi connectivity index (χ4v) is 0.436. The maximum absolute atomic E-state index is 9.96. The molecule has 1 aliphatic rings. The van der Waals surface area contributed by atoms with Crippen LogP contribution in [0.5, 0.6) is 0 Å². The van der Waals surface area contributed by atoms with Crippen LogP contribution in [0.4, 0.5) is 4.79 Å². The van der Waals surface area contributed by atoms with Crippen molar-refractivity contribution in [2.24, 2.45) is 0 Å². The monoisotopic (exact) mass is 176 g/mol. The van der Waals surface area contributed by atoms with E-state index in [2.05, 4.69) is 14.2 Å². The summed E-state index contributed by atoms with van der Waals surface area (Å²) in [5.74, 6) is -0.157. The number of esters is 1. The summed E-state index contributed by atoms with van der Waals surface area (Å²) in [6.45, 7) is 2.59. The molecule has 0 radical (unpaired) electrons. The highest BCUT2D eigenvalue weighted by Crippen LogP contribution is 1.92. The zero-order chi connectivity index (χ0) is 9.40. The van der Waals surface area contributed by atoms with Crippen LogP contribution in [-0.4, -0.2) is 32.4 Å². The van der Waals surface area contributed by atoms with Gasteiger partial charge in [0.2, 0.25) is 0 Å². The van der Waals surface area contributed by atoms with Gasteiger partial charge in [-0.3, -0.25) is 4.79 Å². The van der Waals surface area contributed by atoms with Gasteiger partial charge in [-0.05, 0) is 0 Å². The summed E-state index contributed by atoms with van der Waals surface area (Å²) in [4.78, 5) is 19.8.